The molecule has 138 valence electrons. The van der Waals surface area contributed by atoms with E-state index in [4.69, 9.17) is 9.15 Å². The van der Waals surface area contributed by atoms with Gasteiger partial charge in [0.05, 0.1) is 18.4 Å². The van der Waals surface area contributed by atoms with Crippen molar-refractivity contribution in [1.82, 2.24) is 0 Å². The summed E-state index contributed by atoms with van der Waals surface area (Å²) in [5.74, 6) is 1.16. The molecule has 0 aliphatic rings. The zero-order valence-electron chi connectivity index (χ0n) is 15.4. The summed E-state index contributed by atoms with van der Waals surface area (Å²) in [6.45, 7) is 4.67. The van der Waals surface area contributed by atoms with Crippen LogP contribution in [0.1, 0.15) is 36.1 Å². The van der Waals surface area contributed by atoms with Crippen LogP contribution < -0.4 is 4.74 Å². The van der Waals surface area contributed by atoms with Gasteiger partial charge in [0.15, 0.2) is 0 Å². The van der Waals surface area contributed by atoms with Gasteiger partial charge in [-0.05, 0) is 36.0 Å². The van der Waals surface area contributed by atoms with Crippen molar-refractivity contribution in [1.29, 1.82) is 0 Å². The van der Waals surface area contributed by atoms with Crippen LogP contribution in [0.4, 0.5) is 0 Å². The second-order valence-electron chi connectivity index (χ2n) is 6.98. The second-order valence-corrected chi connectivity index (χ2v) is 6.98. The quantitative estimate of drug-likeness (QED) is 0.635. The van der Waals surface area contributed by atoms with Crippen LogP contribution in [-0.4, -0.2) is 16.8 Å². The lowest BCUT2D eigenvalue weighted by molar-refractivity contribution is 0.257. The molecule has 0 fully saturated rings. The molecular weight excluding hydrogens is 328 g/mol. The van der Waals surface area contributed by atoms with E-state index in [2.05, 4.69) is 19.9 Å². The molecular formula is C22H26O4. The van der Waals surface area contributed by atoms with E-state index in [1.54, 1.807) is 6.26 Å². The lowest BCUT2D eigenvalue weighted by Crippen LogP contribution is -2.05. The lowest BCUT2D eigenvalue weighted by atomic mass is 9.96. The van der Waals surface area contributed by atoms with Gasteiger partial charge in [0.25, 0.3) is 0 Å². The molecule has 3 rings (SSSR count). The van der Waals surface area contributed by atoms with E-state index in [1.807, 2.05) is 30.3 Å². The minimum atomic E-state index is -0.154. The van der Waals surface area contributed by atoms with Gasteiger partial charge in [0.1, 0.15) is 17.9 Å². The number of furan rings is 1. The molecule has 0 amide bonds. The van der Waals surface area contributed by atoms with Crippen molar-refractivity contribution >= 4 is 11.0 Å². The summed E-state index contributed by atoms with van der Waals surface area (Å²) in [5.41, 5.74) is 4.42. The Labute approximate surface area is 154 Å². The SMILES string of the molecule is CC(C)Cc1cc2c(CCO)coc2c(CO)c1OCc1ccccc1. The summed E-state index contributed by atoms with van der Waals surface area (Å²) in [6.07, 6.45) is 3.04. The topological polar surface area (TPSA) is 62.8 Å². The fraction of sp³-hybridized carbons (Fsp3) is 0.364. The molecule has 0 unspecified atom stereocenters. The molecule has 0 radical (unpaired) electrons. The molecule has 4 heteroatoms. The third-order valence-corrected chi connectivity index (χ3v) is 4.46. The maximum Gasteiger partial charge on any atom is 0.143 e. The van der Waals surface area contributed by atoms with Gasteiger partial charge in [-0.1, -0.05) is 44.2 Å². The number of hydrogen-bond acceptors (Lipinski definition) is 4. The molecule has 0 bridgehead atoms. The second kappa shape index (κ2) is 8.39. The Balaban J connectivity index is 2.05. The molecule has 0 saturated heterocycles. The summed E-state index contributed by atoms with van der Waals surface area (Å²) in [7, 11) is 0. The summed E-state index contributed by atoms with van der Waals surface area (Å²) < 4.78 is 11.9. The molecule has 1 aromatic heterocycles. The molecule has 0 saturated carbocycles. The maximum absolute atomic E-state index is 10.0. The third kappa shape index (κ3) is 3.92. The van der Waals surface area contributed by atoms with Gasteiger partial charge in [-0.25, -0.2) is 0 Å². The van der Waals surface area contributed by atoms with Crippen molar-refractivity contribution in [3.05, 3.63) is 64.9 Å². The number of hydrogen-bond donors (Lipinski definition) is 2. The Kier molecular flexibility index (Phi) is 5.96. The van der Waals surface area contributed by atoms with E-state index in [0.717, 1.165) is 28.5 Å². The van der Waals surface area contributed by atoms with Gasteiger partial charge >= 0.3 is 0 Å². The van der Waals surface area contributed by atoms with Gasteiger partial charge in [-0.15, -0.1) is 0 Å². The first-order valence-electron chi connectivity index (χ1n) is 9.07. The molecule has 26 heavy (non-hydrogen) atoms. The number of rotatable bonds is 8. The molecule has 1 heterocycles. The van der Waals surface area contributed by atoms with Crippen molar-refractivity contribution in [3.63, 3.8) is 0 Å². The van der Waals surface area contributed by atoms with Gasteiger partial charge in [0.2, 0.25) is 0 Å². The van der Waals surface area contributed by atoms with Crippen molar-refractivity contribution in [2.24, 2.45) is 5.92 Å². The number of aliphatic hydroxyl groups is 2. The average Bonchev–Trinajstić information content (AvgIpc) is 3.02. The Hall–Kier alpha value is -2.30. The molecule has 2 aromatic carbocycles. The maximum atomic E-state index is 10.0. The fourth-order valence-corrected chi connectivity index (χ4v) is 3.29. The van der Waals surface area contributed by atoms with E-state index in [-0.39, 0.29) is 13.2 Å². The van der Waals surface area contributed by atoms with Crippen LogP contribution in [-0.2, 0) is 26.1 Å². The fourth-order valence-electron chi connectivity index (χ4n) is 3.29. The monoisotopic (exact) mass is 354 g/mol. The zero-order valence-corrected chi connectivity index (χ0v) is 15.4. The first-order valence-corrected chi connectivity index (χ1v) is 9.07. The normalized spacial score (nSPS) is 11.4. The smallest absolute Gasteiger partial charge is 0.143 e. The van der Waals surface area contributed by atoms with E-state index in [0.29, 0.717) is 35.8 Å². The van der Waals surface area contributed by atoms with E-state index < -0.39 is 0 Å². The van der Waals surface area contributed by atoms with Crippen molar-refractivity contribution < 1.29 is 19.4 Å². The molecule has 0 aliphatic heterocycles. The average molecular weight is 354 g/mol. The molecule has 4 nitrogen and oxygen atoms in total. The first-order chi connectivity index (χ1) is 12.6. The predicted octanol–water partition coefficient (Wildman–Crippen LogP) is 4.24. The van der Waals surface area contributed by atoms with Crippen LogP contribution in [0.2, 0.25) is 0 Å². The minimum Gasteiger partial charge on any atom is -0.488 e. The predicted molar refractivity (Wildman–Crippen MR) is 102 cm³/mol. The summed E-state index contributed by atoms with van der Waals surface area (Å²) in [5, 5.41) is 20.3. The highest BCUT2D eigenvalue weighted by atomic mass is 16.5. The van der Waals surface area contributed by atoms with Crippen LogP contribution in [0.5, 0.6) is 5.75 Å². The van der Waals surface area contributed by atoms with Gasteiger partial charge in [-0.2, -0.15) is 0 Å². The van der Waals surface area contributed by atoms with Crippen LogP contribution in [0.3, 0.4) is 0 Å². The lowest BCUT2D eigenvalue weighted by Gasteiger charge is -2.17. The van der Waals surface area contributed by atoms with Crippen LogP contribution >= 0.6 is 0 Å². The largest absolute Gasteiger partial charge is 0.488 e. The van der Waals surface area contributed by atoms with Crippen molar-refractivity contribution in [2.45, 2.75) is 39.9 Å². The number of aliphatic hydroxyl groups excluding tert-OH is 2. The Bertz CT molecular complexity index is 849. The highest BCUT2D eigenvalue weighted by Crippen LogP contribution is 2.37. The number of benzene rings is 2. The Morgan fingerprint density at radius 3 is 2.50 bits per heavy atom. The molecule has 0 spiro atoms. The van der Waals surface area contributed by atoms with Crippen molar-refractivity contribution in [3.8, 4) is 5.75 Å². The molecule has 0 aliphatic carbocycles. The highest BCUT2D eigenvalue weighted by Gasteiger charge is 2.20. The Morgan fingerprint density at radius 1 is 1.08 bits per heavy atom. The zero-order chi connectivity index (χ0) is 18.5. The van der Waals surface area contributed by atoms with E-state index in [1.165, 1.54) is 0 Å². The summed E-state index contributed by atoms with van der Waals surface area (Å²) in [6, 6.07) is 12.1. The van der Waals surface area contributed by atoms with Gasteiger partial charge < -0.3 is 19.4 Å². The summed E-state index contributed by atoms with van der Waals surface area (Å²) >= 11 is 0. The van der Waals surface area contributed by atoms with Crippen LogP contribution in [0.25, 0.3) is 11.0 Å². The minimum absolute atomic E-state index is 0.0643. The van der Waals surface area contributed by atoms with Gasteiger partial charge in [0, 0.05) is 17.6 Å². The van der Waals surface area contributed by atoms with Crippen LogP contribution in [0, 0.1) is 5.92 Å². The number of fused-ring (bicyclic) bond motifs is 1. The molecule has 2 N–H and O–H groups in total. The van der Waals surface area contributed by atoms with Crippen molar-refractivity contribution in [2.75, 3.05) is 6.61 Å². The molecule has 0 atom stereocenters. The van der Waals surface area contributed by atoms with Crippen LogP contribution in [0.15, 0.2) is 47.1 Å². The van der Waals surface area contributed by atoms with E-state index >= 15 is 0 Å². The Morgan fingerprint density at radius 2 is 1.85 bits per heavy atom. The third-order valence-electron chi connectivity index (χ3n) is 4.46. The number of ether oxygens (including phenoxy) is 1. The van der Waals surface area contributed by atoms with E-state index in [9.17, 15) is 10.2 Å². The summed E-state index contributed by atoms with van der Waals surface area (Å²) in [4.78, 5) is 0. The molecule has 3 aromatic rings. The first kappa shape index (κ1) is 18.5. The highest BCUT2D eigenvalue weighted by molar-refractivity contribution is 5.87. The standard InChI is InChI=1S/C22H26O4/c1-15(2)10-18-11-19-17(8-9-23)14-26-22(19)20(12-24)21(18)25-13-16-6-4-3-5-7-16/h3-7,11,14-15,23-24H,8-10,12-13H2,1-2H3. The van der Waals surface area contributed by atoms with Gasteiger partial charge in [-0.3, -0.25) is 0 Å².